The number of rotatable bonds is 4. The number of para-hydroxylation sites is 2. The van der Waals surface area contributed by atoms with Gasteiger partial charge in [0.15, 0.2) is 0 Å². The van der Waals surface area contributed by atoms with Gasteiger partial charge in [0.05, 0.1) is 29.5 Å². The number of hydrogen-bond donors (Lipinski definition) is 2. The second-order valence-corrected chi connectivity index (χ2v) is 5.25. The van der Waals surface area contributed by atoms with Crippen LogP contribution in [0.4, 0.5) is 0 Å². The topological polar surface area (TPSA) is 67.3 Å². The lowest BCUT2D eigenvalue weighted by Crippen LogP contribution is -2.51. The van der Waals surface area contributed by atoms with Crippen molar-refractivity contribution in [3.05, 3.63) is 36.2 Å². The predicted octanol–water partition coefficient (Wildman–Crippen LogP) is 1.26. The van der Waals surface area contributed by atoms with Gasteiger partial charge in [-0.3, -0.25) is 4.98 Å². The van der Waals surface area contributed by atoms with Crippen molar-refractivity contribution in [2.24, 2.45) is 0 Å². The lowest BCUT2D eigenvalue weighted by molar-refractivity contribution is 0.0110. The molecule has 1 aliphatic heterocycles. The Morgan fingerprint density at radius 3 is 2.70 bits per heavy atom. The van der Waals surface area contributed by atoms with Crippen LogP contribution in [0.2, 0.25) is 0 Å². The first-order valence-corrected chi connectivity index (χ1v) is 6.96. The second-order valence-electron chi connectivity index (χ2n) is 5.25. The highest BCUT2D eigenvalue weighted by atomic mass is 16.5. The summed E-state index contributed by atoms with van der Waals surface area (Å²) >= 11 is 0. The summed E-state index contributed by atoms with van der Waals surface area (Å²) in [5.41, 5.74) is 2.45. The van der Waals surface area contributed by atoms with Crippen molar-refractivity contribution in [1.82, 2.24) is 15.3 Å². The molecule has 0 atom stereocenters. The molecule has 3 rings (SSSR count). The van der Waals surface area contributed by atoms with E-state index in [0.29, 0.717) is 19.8 Å². The summed E-state index contributed by atoms with van der Waals surface area (Å²) < 4.78 is 5.36. The molecular formula is C15H19N3O2. The fraction of sp³-hybridized carbons (Fsp3) is 0.467. The molecule has 1 aromatic carbocycles. The number of nitrogens with zero attached hydrogens (tertiary/aromatic N) is 2. The maximum atomic E-state index is 9.64. The molecule has 106 valence electrons. The molecule has 0 saturated carbocycles. The van der Waals surface area contributed by atoms with Gasteiger partial charge in [0.1, 0.15) is 0 Å². The molecule has 20 heavy (non-hydrogen) atoms. The van der Waals surface area contributed by atoms with Gasteiger partial charge in [0.25, 0.3) is 0 Å². The van der Waals surface area contributed by atoms with Crippen molar-refractivity contribution in [3.63, 3.8) is 0 Å². The highest BCUT2D eigenvalue weighted by Crippen LogP contribution is 2.20. The number of aromatic nitrogens is 2. The summed E-state index contributed by atoms with van der Waals surface area (Å²) in [5.74, 6) is 0. The molecular weight excluding hydrogens is 254 g/mol. The maximum Gasteiger partial charge on any atom is 0.0890 e. The number of aliphatic hydroxyl groups is 1. The summed E-state index contributed by atoms with van der Waals surface area (Å²) in [4.78, 5) is 8.99. The quantitative estimate of drug-likeness (QED) is 0.878. The zero-order chi connectivity index (χ0) is 13.8. The number of hydrogen-bond acceptors (Lipinski definition) is 5. The third kappa shape index (κ3) is 2.80. The zero-order valence-electron chi connectivity index (χ0n) is 11.4. The van der Waals surface area contributed by atoms with Gasteiger partial charge in [0, 0.05) is 25.3 Å². The summed E-state index contributed by atoms with van der Waals surface area (Å²) in [6, 6.07) is 7.83. The maximum absolute atomic E-state index is 9.64. The normalized spacial score (nSPS) is 18.2. The Kier molecular flexibility index (Phi) is 3.91. The molecule has 5 heteroatoms. The molecule has 2 N–H and O–H groups in total. The highest BCUT2D eigenvalue weighted by Gasteiger charge is 2.31. The smallest absolute Gasteiger partial charge is 0.0890 e. The van der Waals surface area contributed by atoms with Crippen LogP contribution in [-0.2, 0) is 11.3 Å². The van der Waals surface area contributed by atoms with Crippen molar-refractivity contribution >= 4 is 11.0 Å². The zero-order valence-corrected chi connectivity index (χ0v) is 11.4. The predicted molar refractivity (Wildman–Crippen MR) is 76.2 cm³/mol. The van der Waals surface area contributed by atoms with E-state index in [2.05, 4.69) is 15.3 Å². The first-order valence-electron chi connectivity index (χ1n) is 6.96. The molecule has 1 saturated heterocycles. The van der Waals surface area contributed by atoms with Crippen LogP contribution in [0.5, 0.6) is 0 Å². The molecule has 1 fully saturated rings. The number of aliphatic hydroxyl groups excluding tert-OH is 1. The molecule has 0 bridgehead atoms. The average Bonchev–Trinajstić information content (AvgIpc) is 2.54. The van der Waals surface area contributed by atoms with Crippen molar-refractivity contribution in [1.29, 1.82) is 0 Å². The van der Waals surface area contributed by atoms with Gasteiger partial charge in [-0.1, -0.05) is 12.1 Å². The number of benzene rings is 1. The third-order valence-electron chi connectivity index (χ3n) is 3.90. The van der Waals surface area contributed by atoms with Crippen LogP contribution in [0.3, 0.4) is 0 Å². The van der Waals surface area contributed by atoms with E-state index < -0.39 is 0 Å². The Balaban J connectivity index is 1.72. The van der Waals surface area contributed by atoms with Gasteiger partial charge in [-0.25, -0.2) is 4.98 Å². The molecule has 2 heterocycles. The van der Waals surface area contributed by atoms with E-state index >= 15 is 0 Å². The van der Waals surface area contributed by atoms with Crippen LogP contribution >= 0.6 is 0 Å². The standard InChI is InChI=1S/C15H19N3O2/c19-11-15(5-7-20-8-6-15)17-10-12-9-16-13-3-1-2-4-14(13)18-12/h1-4,9,17,19H,5-8,10-11H2. The van der Waals surface area contributed by atoms with Crippen LogP contribution in [0.15, 0.2) is 30.5 Å². The molecule has 1 aliphatic rings. The van der Waals surface area contributed by atoms with Gasteiger partial charge < -0.3 is 15.2 Å². The van der Waals surface area contributed by atoms with Crippen LogP contribution in [0.1, 0.15) is 18.5 Å². The molecule has 0 aliphatic carbocycles. The number of nitrogens with one attached hydrogen (secondary N) is 1. The third-order valence-corrected chi connectivity index (χ3v) is 3.90. The van der Waals surface area contributed by atoms with Crippen molar-refractivity contribution in [2.45, 2.75) is 24.9 Å². The summed E-state index contributed by atoms with van der Waals surface area (Å²) in [5, 5.41) is 13.1. The fourth-order valence-corrected chi connectivity index (χ4v) is 2.51. The van der Waals surface area contributed by atoms with E-state index in [4.69, 9.17) is 4.74 Å². The van der Waals surface area contributed by atoms with E-state index in [1.165, 1.54) is 0 Å². The lowest BCUT2D eigenvalue weighted by Gasteiger charge is -2.36. The Hall–Kier alpha value is -1.56. The van der Waals surface area contributed by atoms with Crippen molar-refractivity contribution in [2.75, 3.05) is 19.8 Å². The molecule has 0 amide bonds. The van der Waals surface area contributed by atoms with Gasteiger partial charge in [-0.05, 0) is 25.0 Å². The van der Waals surface area contributed by atoms with E-state index in [1.807, 2.05) is 24.3 Å². The Bertz CT molecular complexity index is 582. The molecule has 2 aromatic rings. The second kappa shape index (κ2) is 5.83. The fourth-order valence-electron chi connectivity index (χ4n) is 2.51. The van der Waals surface area contributed by atoms with E-state index in [9.17, 15) is 5.11 Å². The molecule has 0 spiro atoms. The van der Waals surface area contributed by atoms with E-state index in [0.717, 1.165) is 29.6 Å². The SMILES string of the molecule is OCC1(NCc2cnc3ccccc3n2)CCOCC1. The monoisotopic (exact) mass is 273 g/mol. The molecule has 1 aromatic heterocycles. The van der Waals surface area contributed by atoms with Crippen molar-refractivity contribution < 1.29 is 9.84 Å². The van der Waals surface area contributed by atoms with Crippen LogP contribution in [0, 0.1) is 0 Å². The lowest BCUT2D eigenvalue weighted by atomic mass is 9.91. The minimum Gasteiger partial charge on any atom is -0.394 e. The molecule has 0 unspecified atom stereocenters. The van der Waals surface area contributed by atoms with Gasteiger partial charge >= 0.3 is 0 Å². The average molecular weight is 273 g/mol. The van der Waals surface area contributed by atoms with Gasteiger partial charge in [0.2, 0.25) is 0 Å². The van der Waals surface area contributed by atoms with E-state index in [-0.39, 0.29) is 12.1 Å². The van der Waals surface area contributed by atoms with Crippen LogP contribution in [0.25, 0.3) is 11.0 Å². The number of fused-ring (bicyclic) bond motifs is 1. The van der Waals surface area contributed by atoms with Gasteiger partial charge in [-0.15, -0.1) is 0 Å². The van der Waals surface area contributed by atoms with E-state index in [1.54, 1.807) is 6.20 Å². The Morgan fingerprint density at radius 1 is 1.20 bits per heavy atom. The summed E-state index contributed by atoms with van der Waals surface area (Å²) in [6.45, 7) is 2.11. The Morgan fingerprint density at radius 2 is 1.95 bits per heavy atom. The summed E-state index contributed by atoms with van der Waals surface area (Å²) in [7, 11) is 0. The molecule has 5 nitrogen and oxygen atoms in total. The first-order chi connectivity index (χ1) is 9.81. The van der Waals surface area contributed by atoms with Crippen molar-refractivity contribution in [3.8, 4) is 0 Å². The van der Waals surface area contributed by atoms with Crippen LogP contribution < -0.4 is 5.32 Å². The number of ether oxygens (including phenoxy) is 1. The summed E-state index contributed by atoms with van der Waals surface area (Å²) in [6.07, 6.45) is 3.44. The first kappa shape index (κ1) is 13.4. The Labute approximate surface area is 118 Å². The minimum atomic E-state index is -0.244. The largest absolute Gasteiger partial charge is 0.394 e. The molecule has 0 radical (unpaired) electrons. The highest BCUT2D eigenvalue weighted by molar-refractivity contribution is 5.73. The minimum absolute atomic E-state index is 0.122. The van der Waals surface area contributed by atoms with Gasteiger partial charge in [-0.2, -0.15) is 0 Å². The van der Waals surface area contributed by atoms with Crippen LogP contribution in [-0.4, -0.2) is 40.4 Å².